The smallest absolute Gasteiger partial charge is 0.278 e. The number of anilines is 1. The van der Waals surface area contributed by atoms with Gasteiger partial charge < -0.3 is 10.1 Å². The number of nitrogens with one attached hydrogen (secondary N) is 1. The minimum Gasteiger partial charge on any atom is -0.495 e. The van der Waals surface area contributed by atoms with E-state index in [1.807, 2.05) is 24.3 Å². The van der Waals surface area contributed by atoms with E-state index in [0.717, 1.165) is 12.1 Å². The Bertz CT molecular complexity index is 935. The van der Waals surface area contributed by atoms with Crippen LogP contribution in [0.25, 0.3) is 5.69 Å². The zero-order valence-corrected chi connectivity index (χ0v) is 15.5. The minimum atomic E-state index is -0.375. The molecule has 0 spiro atoms. The highest BCUT2D eigenvalue weighted by Crippen LogP contribution is 2.28. The molecule has 2 aromatic carbocycles. The van der Waals surface area contributed by atoms with Crippen molar-refractivity contribution in [3.05, 3.63) is 64.4 Å². The van der Waals surface area contributed by atoms with Gasteiger partial charge in [0.2, 0.25) is 0 Å². The van der Waals surface area contributed by atoms with Gasteiger partial charge in [0.25, 0.3) is 5.91 Å². The zero-order chi connectivity index (χ0) is 18.7. The fraction of sp³-hybridized carbons (Fsp3) is 0.211. The van der Waals surface area contributed by atoms with Gasteiger partial charge in [-0.05, 0) is 49.2 Å². The van der Waals surface area contributed by atoms with Gasteiger partial charge in [-0.2, -0.15) is 0 Å². The van der Waals surface area contributed by atoms with Gasteiger partial charge in [0, 0.05) is 5.02 Å². The average Bonchev–Trinajstić information content (AvgIpc) is 3.03. The van der Waals surface area contributed by atoms with Crippen LogP contribution < -0.4 is 10.1 Å². The quantitative estimate of drug-likeness (QED) is 0.735. The monoisotopic (exact) mass is 370 g/mol. The summed E-state index contributed by atoms with van der Waals surface area (Å²) in [6, 6.07) is 13.0. The van der Waals surface area contributed by atoms with Crippen molar-refractivity contribution < 1.29 is 9.53 Å². The topological polar surface area (TPSA) is 69.0 Å². The standard InChI is InChI=1S/C19H19ClN4O2/c1-4-13-5-8-15(9-6-13)24-12(2)18(22-23-24)19(25)21-16-11-14(20)7-10-17(16)26-3/h5-11H,4H2,1-3H3,(H,21,25). The van der Waals surface area contributed by atoms with E-state index in [9.17, 15) is 4.79 Å². The Hall–Kier alpha value is -2.86. The number of hydrogen-bond acceptors (Lipinski definition) is 4. The molecule has 0 radical (unpaired) electrons. The van der Waals surface area contributed by atoms with Gasteiger partial charge in [-0.25, -0.2) is 4.68 Å². The Morgan fingerprint density at radius 1 is 1.23 bits per heavy atom. The molecule has 1 N–H and O–H groups in total. The summed E-state index contributed by atoms with van der Waals surface area (Å²) < 4.78 is 6.89. The molecule has 0 unspecified atom stereocenters. The molecule has 6 nitrogen and oxygen atoms in total. The number of aryl methyl sites for hydroxylation is 1. The Morgan fingerprint density at radius 3 is 2.62 bits per heavy atom. The molecule has 7 heteroatoms. The van der Waals surface area contributed by atoms with Crippen molar-refractivity contribution in [2.75, 3.05) is 12.4 Å². The molecular weight excluding hydrogens is 352 g/mol. The predicted molar refractivity (Wildman–Crippen MR) is 101 cm³/mol. The van der Waals surface area contributed by atoms with Crippen molar-refractivity contribution in [3.63, 3.8) is 0 Å². The molecular formula is C19H19ClN4O2. The van der Waals surface area contributed by atoms with E-state index in [4.69, 9.17) is 16.3 Å². The second-order valence-corrected chi connectivity index (χ2v) is 6.19. The number of hydrogen-bond donors (Lipinski definition) is 1. The first-order chi connectivity index (χ1) is 12.5. The number of amides is 1. The number of methoxy groups -OCH3 is 1. The van der Waals surface area contributed by atoms with Crippen LogP contribution in [0.3, 0.4) is 0 Å². The Balaban J connectivity index is 1.87. The van der Waals surface area contributed by atoms with Gasteiger partial charge in [0.1, 0.15) is 5.75 Å². The summed E-state index contributed by atoms with van der Waals surface area (Å²) in [5, 5.41) is 11.4. The van der Waals surface area contributed by atoms with E-state index in [1.165, 1.54) is 12.7 Å². The van der Waals surface area contributed by atoms with E-state index in [1.54, 1.807) is 29.8 Å². The molecule has 1 aromatic heterocycles. The first-order valence-electron chi connectivity index (χ1n) is 8.20. The normalized spacial score (nSPS) is 10.6. The highest BCUT2D eigenvalue weighted by molar-refractivity contribution is 6.31. The molecule has 3 rings (SSSR count). The second kappa shape index (κ2) is 7.58. The molecule has 1 amide bonds. The first-order valence-corrected chi connectivity index (χ1v) is 8.57. The van der Waals surface area contributed by atoms with Crippen LogP contribution in [-0.2, 0) is 6.42 Å². The van der Waals surface area contributed by atoms with E-state index >= 15 is 0 Å². The number of carbonyl (C=O) groups excluding carboxylic acids is 1. The molecule has 0 saturated heterocycles. The number of aromatic nitrogens is 3. The molecule has 0 bridgehead atoms. The molecule has 0 aliphatic carbocycles. The second-order valence-electron chi connectivity index (χ2n) is 5.75. The van der Waals surface area contributed by atoms with Gasteiger partial charge in [-0.1, -0.05) is 35.9 Å². The van der Waals surface area contributed by atoms with Crippen LogP contribution in [0.2, 0.25) is 5.02 Å². The zero-order valence-electron chi connectivity index (χ0n) is 14.8. The van der Waals surface area contributed by atoms with Crippen molar-refractivity contribution in [2.45, 2.75) is 20.3 Å². The third-order valence-electron chi connectivity index (χ3n) is 4.11. The molecule has 0 atom stereocenters. The summed E-state index contributed by atoms with van der Waals surface area (Å²) in [5.41, 5.74) is 3.45. The van der Waals surface area contributed by atoms with Gasteiger partial charge in [0.15, 0.2) is 5.69 Å². The van der Waals surface area contributed by atoms with Crippen LogP contribution in [0, 0.1) is 6.92 Å². The minimum absolute atomic E-state index is 0.242. The lowest BCUT2D eigenvalue weighted by atomic mass is 10.1. The lowest BCUT2D eigenvalue weighted by molar-refractivity contribution is 0.102. The lowest BCUT2D eigenvalue weighted by Crippen LogP contribution is -2.15. The summed E-state index contributed by atoms with van der Waals surface area (Å²) in [6.07, 6.45) is 0.964. The van der Waals surface area contributed by atoms with E-state index in [0.29, 0.717) is 22.2 Å². The number of ether oxygens (including phenoxy) is 1. The van der Waals surface area contributed by atoms with Crippen LogP contribution >= 0.6 is 11.6 Å². The Morgan fingerprint density at radius 2 is 1.96 bits per heavy atom. The summed E-state index contributed by atoms with van der Waals surface area (Å²) in [7, 11) is 1.53. The Labute approximate surface area is 156 Å². The van der Waals surface area contributed by atoms with Crippen LogP contribution in [0.4, 0.5) is 5.69 Å². The lowest BCUT2D eigenvalue weighted by Gasteiger charge is -2.10. The maximum atomic E-state index is 12.6. The highest BCUT2D eigenvalue weighted by atomic mass is 35.5. The average molecular weight is 371 g/mol. The molecule has 26 heavy (non-hydrogen) atoms. The molecule has 1 heterocycles. The summed E-state index contributed by atoms with van der Waals surface area (Å²) in [4.78, 5) is 12.6. The number of benzene rings is 2. The maximum Gasteiger partial charge on any atom is 0.278 e. The molecule has 0 saturated carbocycles. The van der Waals surface area contributed by atoms with Crippen molar-refractivity contribution in [2.24, 2.45) is 0 Å². The fourth-order valence-electron chi connectivity index (χ4n) is 2.62. The number of nitrogens with zero attached hydrogens (tertiary/aromatic N) is 3. The van der Waals surface area contributed by atoms with Gasteiger partial charge in [0.05, 0.1) is 24.2 Å². The van der Waals surface area contributed by atoms with E-state index < -0.39 is 0 Å². The van der Waals surface area contributed by atoms with Crippen LogP contribution in [0.1, 0.15) is 28.7 Å². The molecule has 0 aliphatic rings. The fourth-order valence-corrected chi connectivity index (χ4v) is 2.79. The Kier molecular flexibility index (Phi) is 5.23. The first kappa shape index (κ1) is 17.9. The largest absolute Gasteiger partial charge is 0.495 e. The van der Waals surface area contributed by atoms with E-state index in [2.05, 4.69) is 22.6 Å². The van der Waals surface area contributed by atoms with Crippen LogP contribution in [-0.4, -0.2) is 28.0 Å². The van der Waals surface area contributed by atoms with Crippen molar-refractivity contribution in [3.8, 4) is 11.4 Å². The highest BCUT2D eigenvalue weighted by Gasteiger charge is 2.19. The SMILES string of the molecule is CCc1ccc(-n2nnc(C(=O)Nc3cc(Cl)ccc3OC)c2C)cc1. The van der Waals surface area contributed by atoms with Gasteiger partial charge in [-0.3, -0.25) is 4.79 Å². The summed E-state index contributed by atoms with van der Waals surface area (Å²) in [6.45, 7) is 3.90. The van der Waals surface area contributed by atoms with Crippen molar-refractivity contribution in [1.82, 2.24) is 15.0 Å². The molecule has 3 aromatic rings. The number of rotatable bonds is 5. The van der Waals surface area contributed by atoms with Crippen molar-refractivity contribution in [1.29, 1.82) is 0 Å². The molecule has 134 valence electrons. The molecule has 0 aliphatic heterocycles. The number of carbonyl (C=O) groups is 1. The predicted octanol–water partition coefficient (Wildman–Crippen LogP) is 4.05. The van der Waals surface area contributed by atoms with Crippen LogP contribution in [0.15, 0.2) is 42.5 Å². The van der Waals surface area contributed by atoms with Crippen LogP contribution in [0.5, 0.6) is 5.75 Å². The van der Waals surface area contributed by atoms with E-state index in [-0.39, 0.29) is 11.6 Å². The maximum absolute atomic E-state index is 12.6. The third kappa shape index (κ3) is 3.55. The van der Waals surface area contributed by atoms with Gasteiger partial charge >= 0.3 is 0 Å². The third-order valence-corrected chi connectivity index (χ3v) is 4.34. The number of halogens is 1. The van der Waals surface area contributed by atoms with Gasteiger partial charge in [-0.15, -0.1) is 5.10 Å². The molecule has 0 fully saturated rings. The van der Waals surface area contributed by atoms with Crippen molar-refractivity contribution >= 4 is 23.2 Å². The summed E-state index contributed by atoms with van der Waals surface area (Å²) >= 11 is 6.00. The summed E-state index contributed by atoms with van der Waals surface area (Å²) in [5.74, 6) is 0.141.